The quantitative estimate of drug-likeness (QED) is 0.488. The molecule has 98 valence electrons. The molecule has 1 aromatic carbocycles. The van der Waals surface area contributed by atoms with E-state index in [1.807, 2.05) is 0 Å². The molecular formula is C11H8BrN3O4. The number of halogens is 1. The zero-order valence-electron chi connectivity index (χ0n) is 9.74. The number of methoxy groups -OCH3 is 1. The van der Waals surface area contributed by atoms with Crippen LogP contribution in [0.5, 0.6) is 17.4 Å². The molecule has 0 amide bonds. The summed E-state index contributed by atoms with van der Waals surface area (Å²) in [5, 5.41) is 11.0. The van der Waals surface area contributed by atoms with Crippen LogP contribution < -0.4 is 9.47 Å². The van der Waals surface area contributed by atoms with Gasteiger partial charge in [0, 0.05) is 6.07 Å². The maximum absolute atomic E-state index is 11.0. The lowest BCUT2D eigenvalue weighted by molar-refractivity contribution is -0.385. The molecule has 0 fully saturated rings. The highest BCUT2D eigenvalue weighted by Gasteiger charge is 2.17. The lowest BCUT2D eigenvalue weighted by atomic mass is 10.3. The first-order valence-electron chi connectivity index (χ1n) is 5.08. The van der Waals surface area contributed by atoms with E-state index in [2.05, 4.69) is 25.9 Å². The fourth-order valence-electron chi connectivity index (χ4n) is 1.34. The van der Waals surface area contributed by atoms with Crippen LogP contribution in [0, 0.1) is 10.1 Å². The summed E-state index contributed by atoms with van der Waals surface area (Å²) in [6.07, 6.45) is 1.29. The van der Waals surface area contributed by atoms with Crippen molar-refractivity contribution in [2.75, 3.05) is 7.11 Å². The van der Waals surface area contributed by atoms with Crippen LogP contribution in [-0.2, 0) is 0 Å². The molecule has 1 aromatic heterocycles. The van der Waals surface area contributed by atoms with E-state index in [4.69, 9.17) is 9.47 Å². The lowest BCUT2D eigenvalue weighted by Gasteiger charge is -2.06. The van der Waals surface area contributed by atoms with Gasteiger partial charge in [-0.1, -0.05) is 0 Å². The second-order valence-corrected chi connectivity index (χ2v) is 4.18. The number of nitro benzene ring substituents is 1. The molecule has 0 aliphatic carbocycles. The van der Waals surface area contributed by atoms with Crippen LogP contribution in [0.4, 0.5) is 5.69 Å². The lowest BCUT2D eigenvalue weighted by Crippen LogP contribution is -1.96. The van der Waals surface area contributed by atoms with Gasteiger partial charge in [-0.2, -0.15) is 0 Å². The van der Waals surface area contributed by atoms with Gasteiger partial charge in [-0.15, -0.1) is 0 Å². The zero-order valence-corrected chi connectivity index (χ0v) is 11.3. The van der Waals surface area contributed by atoms with Crippen molar-refractivity contribution < 1.29 is 14.4 Å². The first-order valence-corrected chi connectivity index (χ1v) is 5.87. The van der Waals surface area contributed by atoms with Crippen molar-refractivity contribution >= 4 is 21.6 Å². The summed E-state index contributed by atoms with van der Waals surface area (Å²) in [4.78, 5) is 18.1. The molecule has 0 unspecified atom stereocenters. The van der Waals surface area contributed by atoms with Gasteiger partial charge in [-0.3, -0.25) is 10.1 Å². The van der Waals surface area contributed by atoms with Gasteiger partial charge in [0.1, 0.15) is 16.7 Å². The molecule has 2 aromatic rings. The minimum absolute atomic E-state index is 0.0800. The number of nitrogens with zero attached hydrogens (tertiary/aromatic N) is 3. The average molecular weight is 326 g/mol. The first kappa shape index (κ1) is 13.2. The van der Waals surface area contributed by atoms with Gasteiger partial charge in [0.2, 0.25) is 11.6 Å². The van der Waals surface area contributed by atoms with Gasteiger partial charge < -0.3 is 9.47 Å². The Morgan fingerprint density at radius 2 is 2.11 bits per heavy atom. The van der Waals surface area contributed by atoms with Crippen LogP contribution in [0.15, 0.2) is 35.2 Å². The Morgan fingerprint density at radius 1 is 1.32 bits per heavy atom. The SMILES string of the molecule is COc1ccc(Oc2cc(Br)ncn2)c([N+](=O)[O-])c1. The summed E-state index contributed by atoms with van der Waals surface area (Å²) in [7, 11) is 1.43. The molecule has 0 aliphatic heterocycles. The summed E-state index contributed by atoms with van der Waals surface area (Å²) >= 11 is 3.16. The summed E-state index contributed by atoms with van der Waals surface area (Å²) in [6, 6.07) is 5.81. The molecule has 2 rings (SSSR count). The maximum atomic E-state index is 11.0. The maximum Gasteiger partial charge on any atom is 0.315 e. The van der Waals surface area contributed by atoms with Crippen LogP contribution in [-0.4, -0.2) is 22.0 Å². The monoisotopic (exact) mass is 325 g/mol. The van der Waals surface area contributed by atoms with Gasteiger partial charge in [0.15, 0.2) is 0 Å². The molecule has 0 saturated heterocycles. The third-order valence-corrected chi connectivity index (χ3v) is 2.62. The molecule has 0 spiro atoms. The zero-order chi connectivity index (χ0) is 13.8. The van der Waals surface area contributed by atoms with Gasteiger partial charge in [0.05, 0.1) is 18.1 Å². The highest BCUT2D eigenvalue weighted by molar-refractivity contribution is 9.10. The van der Waals surface area contributed by atoms with Crippen molar-refractivity contribution in [2.24, 2.45) is 0 Å². The van der Waals surface area contributed by atoms with E-state index in [0.29, 0.717) is 10.4 Å². The Bertz CT molecular complexity index is 621. The number of hydrogen-bond acceptors (Lipinski definition) is 6. The van der Waals surface area contributed by atoms with Crippen molar-refractivity contribution in [1.82, 2.24) is 9.97 Å². The van der Waals surface area contributed by atoms with Crippen LogP contribution in [0.1, 0.15) is 0 Å². The first-order chi connectivity index (χ1) is 9.10. The molecule has 0 N–H and O–H groups in total. The normalized spacial score (nSPS) is 10.0. The average Bonchev–Trinajstić information content (AvgIpc) is 2.39. The Hall–Kier alpha value is -2.22. The van der Waals surface area contributed by atoms with Crippen molar-refractivity contribution in [2.45, 2.75) is 0 Å². The summed E-state index contributed by atoms with van der Waals surface area (Å²) in [6.45, 7) is 0. The van der Waals surface area contributed by atoms with E-state index in [-0.39, 0.29) is 17.3 Å². The van der Waals surface area contributed by atoms with Crippen molar-refractivity contribution in [3.63, 3.8) is 0 Å². The van der Waals surface area contributed by atoms with Crippen LogP contribution in [0.25, 0.3) is 0 Å². The van der Waals surface area contributed by atoms with Gasteiger partial charge in [-0.25, -0.2) is 9.97 Å². The highest BCUT2D eigenvalue weighted by atomic mass is 79.9. The van der Waals surface area contributed by atoms with E-state index in [0.717, 1.165) is 0 Å². The second-order valence-electron chi connectivity index (χ2n) is 3.37. The largest absolute Gasteiger partial charge is 0.496 e. The molecule has 0 bridgehead atoms. The molecule has 0 saturated carbocycles. The predicted molar refractivity (Wildman–Crippen MR) is 69.5 cm³/mol. The molecule has 19 heavy (non-hydrogen) atoms. The Labute approximate surface area is 116 Å². The number of aromatic nitrogens is 2. The van der Waals surface area contributed by atoms with E-state index < -0.39 is 4.92 Å². The fourth-order valence-corrected chi connectivity index (χ4v) is 1.63. The van der Waals surface area contributed by atoms with Gasteiger partial charge >= 0.3 is 5.69 Å². The van der Waals surface area contributed by atoms with E-state index in [9.17, 15) is 10.1 Å². The van der Waals surface area contributed by atoms with Gasteiger partial charge in [0.25, 0.3) is 0 Å². The Balaban J connectivity index is 2.36. The Morgan fingerprint density at radius 3 is 2.74 bits per heavy atom. The summed E-state index contributed by atoms with van der Waals surface area (Å²) < 4.78 is 10.8. The Kier molecular flexibility index (Phi) is 3.91. The summed E-state index contributed by atoms with van der Waals surface area (Å²) in [5.41, 5.74) is -0.200. The van der Waals surface area contributed by atoms with Gasteiger partial charge in [-0.05, 0) is 28.1 Å². The molecule has 7 nitrogen and oxygen atoms in total. The molecule has 1 heterocycles. The second kappa shape index (κ2) is 5.61. The number of nitro groups is 1. The number of hydrogen-bond donors (Lipinski definition) is 0. The predicted octanol–water partition coefficient (Wildman–Crippen LogP) is 2.95. The van der Waals surface area contributed by atoms with Crippen LogP contribution in [0.3, 0.4) is 0 Å². The van der Waals surface area contributed by atoms with Crippen molar-refractivity contribution in [3.05, 3.63) is 45.3 Å². The molecule has 8 heteroatoms. The molecular weight excluding hydrogens is 318 g/mol. The van der Waals surface area contributed by atoms with E-state index >= 15 is 0 Å². The van der Waals surface area contributed by atoms with Crippen LogP contribution >= 0.6 is 15.9 Å². The number of rotatable bonds is 4. The minimum Gasteiger partial charge on any atom is -0.496 e. The molecule has 0 atom stereocenters. The van der Waals surface area contributed by atoms with Crippen LogP contribution in [0.2, 0.25) is 0 Å². The minimum atomic E-state index is -0.548. The smallest absolute Gasteiger partial charge is 0.315 e. The van der Waals surface area contributed by atoms with Crippen molar-refractivity contribution in [3.8, 4) is 17.4 Å². The standard InChI is InChI=1S/C11H8BrN3O4/c1-18-7-2-3-9(8(4-7)15(16)17)19-11-5-10(12)13-6-14-11/h2-6H,1H3. The third-order valence-electron chi connectivity index (χ3n) is 2.19. The highest BCUT2D eigenvalue weighted by Crippen LogP contribution is 2.33. The fraction of sp³-hybridized carbons (Fsp3) is 0.0909. The number of benzene rings is 1. The topological polar surface area (TPSA) is 87.4 Å². The van der Waals surface area contributed by atoms with E-state index in [1.54, 1.807) is 6.07 Å². The van der Waals surface area contributed by atoms with Crippen molar-refractivity contribution in [1.29, 1.82) is 0 Å². The summed E-state index contributed by atoms with van der Waals surface area (Å²) in [5.74, 6) is 0.662. The third kappa shape index (κ3) is 3.16. The molecule has 0 radical (unpaired) electrons. The number of ether oxygens (including phenoxy) is 2. The molecule has 0 aliphatic rings. The van der Waals surface area contributed by atoms with E-state index in [1.165, 1.54) is 31.6 Å².